The van der Waals surface area contributed by atoms with Crippen molar-refractivity contribution < 1.29 is 9.13 Å². The molecule has 0 heterocycles. The van der Waals surface area contributed by atoms with Crippen LogP contribution >= 0.6 is 11.6 Å². The monoisotopic (exact) mass is 307 g/mol. The molecule has 0 aliphatic rings. The molecule has 0 fully saturated rings. The van der Waals surface area contributed by atoms with Crippen molar-refractivity contribution in [1.29, 1.82) is 0 Å². The maximum Gasteiger partial charge on any atom is 0.141 e. The Morgan fingerprint density at radius 2 is 1.90 bits per heavy atom. The molecule has 0 radical (unpaired) electrons. The van der Waals surface area contributed by atoms with Gasteiger partial charge in [0.05, 0.1) is 11.1 Å². The molecule has 2 nitrogen and oxygen atoms in total. The quantitative estimate of drug-likeness (QED) is 0.871. The minimum absolute atomic E-state index is 0.0685. The van der Waals surface area contributed by atoms with Gasteiger partial charge in [-0.2, -0.15) is 0 Å². The second-order valence-corrected chi connectivity index (χ2v) is 5.32. The molecule has 0 aliphatic heterocycles. The van der Waals surface area contributed by atoms with Crippen molar-refractivity contribution >= 4 is 11.6 Å². The molecule has 2 aromatic rings. The molecule has 1 N–H and O–H groups in total. The Balaban J connectivity index is 2.19. The van der Waals surface area contributed by atoms with E-state index in [1.165, 1.54) is 6.07 Å². The summed E-state index contributed by atoms with van der Waals surface area (Å²) in [4.78, 5) is 0. The molecular formula is C17H19ClFNO. The molecule has 0 spiro atoms. The fraction of sp³-hybridized carbons (Fsp3) is 0.294. The summed E-state index contributed by atoms with van der Waals surface area (Å²) in [7, 11) is 3.59. The van der Waals surface area contributed by atoms with Crippen LogP contribution in [-0.2, 0) is 11.2 Å². The van der Waals surface area contributed by atoms with Crippen molar-refractivity contribution in [2.75, 3.05) is 14.2 Å². The second-order valence-electron chi connectivity index (χ2n) is 4.91. The number of ether oxygens (including phenoxy) is 1. The first-order valence-electron chi connectivity index (χ1n) is 6.84. The summed E-state index contributed by atoms with van der Waals surface area (Å²) in [6.07, 6.45) is 0.615. The van der Waals surface area contributed by atoms with Crippen LogP contribution in [0.25, 0.3) is 0 Å². The van der Waals surface area contributed by atoms with Crippen molar-refractivity contribution in [3.8, 4) is 0 Å². The summed E-state index contributed by atoms with van der Waals surface area (Å²) in [6, 6.07) is 14.9. The Bertz CT molecular complexity index is 576. The van der Waals surface area contributed by atoms with E-state index in [-0.39, 0.29) is 17.2 Å². The molecule has 21 heavy (non-hydrogen) atoms. The van der Waals surface area contributed by atoms with Crippen LogP contribution in [0.1, 0.15) is 17.2 Å². The van der Waals surface area contributed by atoms with Gasteiger partial charge in [0, 0.05) is 13.2 Å². The van der Waals surface area contributed by atoms with Crippen LogP contribution in [0.15, 0.2) is 48.5 Å². The normalized spacial score (nSPS) is 13.9. The average Bonchev–Trinajstić information content (AvgIpc) is 2.51. The highest BCUT2D eigenvalue weighted by molar-refractivity contribution is 6.30. The highest BCUT2D eigenvalue weighted by Gasteiger charge is 2.22. The van der Waals surface area contributed by atoms with Crippen LogP contribution in [0.2, 0.25) is 5.02 Å². The van der Waals surface area contributed by atoms with Gasteiger partial charge < -0.3 is 10.1 Å². The highest BCUT2D eigenvalue weighted by atomic mass is 35.5. The van der Waals surface area contributed by atoms with Crippen LogP contribution in [0.5, 0.6) is 0 Å². The van der Waals surface area contributed by atoms with Crippen LogP contribution < -0.4 is 5.32 Å². The lowest BCUT2D eigenvalue weighted by atomic mass is 9.96. The predicted octanol–water partition coefficient (Wildman–Crippen LogP) is 4.00. The van der Waals surface area contributed by atoms with Gasteiger partial charge in [0.15, 0.2) is 0 Å². The summed E-state index contributed by atoms with van der Waals surface area (Å²) >= 11 is 5.84. The molecule has 4 heteroatoms. The molecule has 0 bridgehead atoms. The topological polar surface area (TPSA) is 21.3 Å². The standard InChI is InChI=1S/C17H19ClFNO/c1-20-16(11-12-8-9-15(19)14(18)10-12)17(21-2)13-6-4-3-5-7-13/h3-10,16-17,20H,11H2,1-2H3. The SMILES string of the molecule is CNC(Cc1ccc(F)c(Cl)c1)C(OC)c1ccccc1. The van der Waals surface area contributed by atoms with Gasteiger partial charge in [-0.25, -0.2) is 4.39 Å². The highest BCUT2D eigenvalue weighted by Crippen LogP contribution is 2.24. The van der Waals surface area contributed by atoms with E-state index in [0.29, 0.717) is 6.42 Å². The van der Waals surface area contributed by atoms with Crippen LogP contribution in [-0.4, -0.2) is 20.2 Å². The lowest BCUT2D eigenvalue weighted by Crippen LogP contribution is -2.35. The van der Waals surface area contributed by atoms with E-state index in [9.17, 15) is 4.39 Å². The molecule has 2 aromatic carbocycles. The number of nitrogens with one attached hydrogen (secondary N) is 1. The van der Waals surface area contributed by atoms with Gasteiger partial charge in [0.25, 0.3) is 0 Å². The molecule has 0 saturated carbocycles. The number of methoxy groups -OCH3 is 1. The minimum Gasteiger partial charge on any atom is -0.375 e. The fourth-order valence-electron chi connectivity index (χ4n) is 2.46. The summed E-state index contributed by atoms with van der Waals surface area (Å²) in [6.45, 7) is 0. The van der Waals surface area contributed by atoms with E-state index in [0.717, 1.165) is 11.1 Å². The number of benzene rings is 2. The maximum absolute atomic E-state index is 13.2. The second kappa shape index (κ2) is 7.55. The van der Waals surface area contributed by atoms with Gasteiger partial charge in [-0.3, -0.25) is 0 Å². The first-order chi connectivity index (χ1) is 10.2. The van der Waals surface area contributed by atoms with Crippen molar-refractivity contribution in [2.45, 2.75) is 18.6 Å². The minimum atomic E-state index is -0.396. The van der Waals surface area contributed by atoms with Gasteiger partial charge in [-0.15, -0.1) is 0 Å². The molecule has 2 rings (SSSR count). The van der Waals surface area contributed by atoms with Gasteiger partial charge in [0.1, 0.15) is 5.82 Å². The molecular weight excluding hydrogens is 289 g/mol. The van der Waals surface area contributed by atoms with E-state index in [1.807, 2.05) is 37.4 Å². The lowest BCUT2D eigenvalue weighted by Gasteiger charge is -2.26. The molecule has 0 amide bonds. The third-order valence-electron chi connectivity index (χ3n) is 3.56. The zero-order chi connectivity index (χ0) is 15.2. The maximum atomic E-state index is 13.2. The lowest BCUT2D eigenvalue weighted by molar-refractivity contribution is 0.0704. The Morgan fingerprint density at radius 3 is 2.48 bits per heavy atom. The molecule has 112 valence electrons. The number of halogens is 2. The predicted molar refractivity (Wildman–Crippen MR) is 84.2 cm³/mol. The van der Waals surface area contributed by atoms with Crippen molar-refractivity contribution in [1.82, 2.24) is 5.32 Å². The third-order valence-corrected chi connectivity index (χ3v) is 3.85. The van der Waals surface area contributed by atoms with Gasteiger partial charge in [-0.1, -0.05) is 48.0 Å². The smallest absolute Gasteiger partial charge is 0.141 e. The Labute approximate surface area is 129 Å². The number of hydrogen-bond donors (Lipinski definition) is 1. The van der Waals surface area contributed by atoms with Gasteiger partial charge >= 0.3 is 0 Å². The molecule has 2 atom stereocenters. The van der Waals surface area contributed by atoms with Gasteiger partial charge in [-0.05, 0) is 36.7 Å². The average molecular weight is 308 g/mol. The van der Waals surface area contributed by atoms with Crippen molar-refractivity contribution in [2.24, 2.45) is 0 Å². The summed E-state index contributed by atoms with van der Waals surface area (Å²) in [5, 5.41) is 3.42. The Kier molecular flexibility index (Phi) is 5.74. The Morgan fingerprint density at radius 1 is 1.19 bits per heavy atom. The zero-order valence-corrected chi connectivity index (χ0v) is 12.9. The van der Waals surface area contributed by atoms with Crippen LogP contribution in [0.4, 0.5) is 4.39 Å². The van der Waals surface area contributed by atoms with Crippen molar-refractivity contribution in [3.63, 3.8) is 0 Å². The molecule has 0 aliphatic carbocycles. The number of hydrogen-bond acceptors (Lipinski definition) is 2. The van der Waals surface area contributed by atoms with E-state index >= 15 is 0 Å². The largest absolute Gasteiger partial charge is 0.375 e. The number of rotatable bonds is 6. The molecule has 0 saturated heterocycles. The molecule has 0 aromatic heterocycles. The van der Waals surface area contributed by atoms with E-state index < -0.39 is 5.82 Å². The summed E-state index contributed by atoms with van der Waals surface area (Å²) in [5.74, 6) is -0.396. The molecule has 2 unspecified atom stereocenters. The Hall–Kier alpha value is -1.42. The first kappa shape index (κ1) is 16.0. The van der Waals surface area contributed by atoms with E-state index in [1.54, 1.807) is 19.2 Å². The fourth-order valence-corrected chi connectivity index (χ4v) is 2.66. The van der Waals surface area contributed by atoms with Gasteiger partial charge in [0.2, 0.25) is 0 Å². The zero-order valence-electron chi connectivity index (χ0n) is 12.1. The van der Waals surface area contributed by atoms with Crippen LogP contribution in [0.3, 0.4) is 0 Å². The summed E-state index contributed by atoms with van der Waals surface area (Å²) < 4.78 is 18.9. The summed E-state index contributed by atoms with van der Waals surface area (Å²) in [5.41, 5.74) is 2.08. The van der Waals surface area contributed by atoms with E-state index in [4.69, 9.17) is 16.3 Å². The van der Waals surface area contributed by atoms with Crippen LogP contribution in [0, 0.1) is 5.82 Å². The van der Waals surface area contributed by atoms with Crippen molar-refractivity contribution in [3.05, 3.63) is 70.5 Å². The first-order valence-corrected chi connectivity index (χ1v) is 7.22. The number of likely N-dealkylation sites (N-methyl/N-ethyl adjacent to an activating group) is 1. The van der Waals surface area contributed by atoms with E-state index in [2.05, 4.69) is 5.32 Å². The third kappa shape index (κ3) is 4.03.